The number of morpholine rings is 1. The van der Waals surface area contributed by atoms with Crippen molar-refractivity contribution in [3.63, 3.8) is 0 Å². The molecule has 0 aliphatic carbocycles. The fraction of sp³-hybridized carbons (Fsp3) is 0.316. The summed E-state index contributed by atoms with van der Waals surface area (Å²) in [6.45, 7) is 1.51. The summed E-state index contributed by atoms with van der Waals surface area (Å²) in [6, 6.07) is 12.9. The third-order valence-corrected chi connectivity index (χ3v) is 4.67. The smallest absolute Gasteiger partial charge is 0.327 e. The highest BCUT2D eigenvalue weighted by Gasteiger charge is 2.34. The van der Waals surface area contributed by atoms with Gasteiger partial charge in [0.05, 0.1) is 19.8 Å². The molecule has 132 valence electrons. The fourth-order valence-electron chi connectivity index (χ4n) is 3.06. The lowest BCUT2D eigenvalue weighted by Crippen LogP contribution is -2.44. The van der Waals surface area contributed by atoms with Crippen molar-refractivity contribution in [3.05, 3.63) is 70.5 Å². The molecular formula is C19H19ClFNO3. The molecule has 3 rings (SSSR count). The number of rotatable bonds is 4. The Morgan fingerprint density at radius 3 is 2.68 bits per heavy atom. The van der Waals surface area contributed by atoms with E-state index in [1.54, 1.807) is 18.2 Å². The summed E-state index contributed by atoms with van der Waals surface area (Å²) in [5, 5.41) is 0.516. The zero-order valence-electron chi connectivity index (χ0n) is 13.8. The third kappa shape index (κ3) is 4.00. The van der Waals surface area contributed by atoms with Crippen molar-refractivity contribution in [1.29, 1.82) is 0 Å². The van der Waals surface area contributed by atoms with Gasteiger partial charge < -0.3 is 9.47 Å². The van der Waals surface area contributed by atoms with Crippen LogP contribution in [-0.4, -0.2) is 37.7 Å². The Morgan fingerprint density at radius 2 is 2.00 bits per heavy atom. The molecule has 1 aliphatic rings. The van der Waals surface area contributed by atoms with E-state index in [0.29, 0.717) is 30.3 Å². The van der Waals surface area contributed by atoms with Crippen LogP contribution in [0.5, 0.6) is 0 Å². The Kier molecular flexibility index (Phi) is 5.68. The van der Waals surface area contributed by atoms with Crippen LogP contribution in [0.3, 0.4) is 0 Å². The molecule has 0 N–H and O–H groups in total. The van der Waals surface area contributed by atoms with Crippen LogP contribution in [-0.2, 0) is 14.3 Å². The van der Waals surface area contributed by atoms with Crippen LogP contribution in [0, 0.1) is 5.82 Å². The van der Waals surface area contributed by atoms with E-state index in [-0.39, 0.29) is 17.9 Å². The van der Waals surface area contributed by atoms with Crippen LogP contribution >= 0.6 is 11.6 Å². The lowest BCUT2D eigenvalue weighted by atomic mass is 10.0. The summed E-state index contributed by atoms with van der Waals surface area (Å²) in [5.74, 6) is -0.659. The Bertz CT molecular complexity index is 738. The van der Waals surface area contributed by atoms with Crippen molar-refractivity contribution in [3.8, 4) is 0 Å². The van der Waals surface area contributed by atoms with Crippen LogP contribution in [0.4, 0.5) is 4.39 Å². The van der Waals surface area contributed by atoms with Crippen LogP contribution in [0.1, 0.15) is 23.3 Å². The van der Waals surface area contributed by atoms with Crippen molar-refractivity contribution in [2.45, 2.75) is 12.1 Å². The first-order valence-corrected chi connectivity index (χ1v) is 8.41. The van der Waals surface area contributed by atoms with Gasteiger partial charge in [-0.1, -0.05) is 41.9 Å². The van der Waals surface area contributed by atoms with Gasteiger partial charge in [0.1, 0.15) is 11.9 Å². The summed E-state index contributed by atoms with van der Waals surface area (Å²) >= 11 is 6.30. The molecule has 1 fully saturated rings. The predicted molar refractivity (Wildman–Crippen MR) is 92.9 cm³/mol. The summed E-state index contributed by atoms with van der Waals surface area (Å²) < 4.78 is 24.0. The van der Waals surface area contributed by atoms with Crippen LogP contribution in [0.25, 0.3) is 0 Å². The molecule has 0 saturated carbocycles. The van der Waals surface area contributed by atoms with E-state index in [1.807, 2.05) is 23.1 Å². The first kappa shape index (κ1) is 17.9. The van der Waals surface area contributed by atoms with Gasteiger partial charge >= 0.3 is 5.97 Å². The predicted octanol–water partition coefficient (Wildman–Crippen LogP) is 3.77. The molecule has 0 amide bonds. The molecule has 2 atom stereocenters. The van der Waals surface area contributed by atoms with Crippen LogP contribution in [0.15, 0.2) is 48.5 Å². The van der Waals surface area contributed by atoms with E-state index in [9.17, 15) is 9.18 Å². The van der Waals surface area contributed by atoms with E-state index in [1.165, 1.54) is 19.2 Å². The normalized spacial score (nSPS) is 19.4. The van der Waals surface area contributed by atoms with Crippen molar-refractivity contribution in [2.24, 2.45) is 0 Å². The minimum Gasteiger partial charge on any atom is -0.468 e. The highest BCUT2D eigenvalue weighted by molar-refractivity contribution is 6.31. The summed E-state index contributed by atoms with van der Waals surface area (Å²) in [7, 11) is 1.37. The number of esters is 1. The minimum atomic E-state index is -0.606. The second-order valence-corrected chi connectivity index (χ2v) is 6.26. The lowest BCUT2D eigenvalue weighted by Gasteiger charge is -2.37. The van der Waals surface area contributed by atoms with Gasteiger partial charge in [-0.15, -0.1) is 0 Å². The number of hydrogen-bond donors (Lipinski definition) is 0. The fourth-order valence-corrected chi connectivity index (χ4v) is 3.30. The van der Waals surface area contributed by atoms with Gasteiger partial charge in [0.2, 0.25) is 0 Å². The van der Waals surface area contributed by atoms with Crippen molar-refractivity contribution >= 4 is 17.6 Å². The van der Waals surface area contributed by atoms with Gasteiger partial charge in [0.15, 0.2) is 0 Å². The molecule has 1 saturated heterocycles. The molecular weight excluding hydrogens is 345 g/mol. The molecule has 1 aliphatic heterocycles. The molecule has 0 aromatic heterocycles. The average molecular weight is 364 g/mol. The summed E-state index contributed by atoms with van der Waals surface area (Å²) in [4.78, 5) is 14.4. The monoisotopic (exact) mass is 363 g/mol. The zero-order chi connectivity index (χ0) is 17.8. The number of halogens is 2. The Balaban J connectivity index is 1.87. The number of methoxy groups -OCH3 is 1. The third-order valence-electron chi connectivity index (χ3n) is 4.33. The van der Waals surface area contributed by atoms with E-state index in [4.69, 9.17) is 21.1 Å². The van der Waals surface area contributed by atoms with Crippen LogP contribution < -0.4 is 0 Å². The largest absolute Gasteiger partial charge is 0.468 e. The number of hydrogen-bond acceptors (Lipinski definition) is 4. The first-order chi connectivity index (χ1) is 12.1. The number of carbonyl (C=O) groups is 1. The molecule has 25 heavy (non-hydrogen) atoms. The van der Waals surface area contributed by atoms with Crippen LogP contribution in [0.2, 0.25) is 5.02 Å². The molecule has 0 unspecified atom stereocenters. The van der Waals surface area contributed by atoms with E-state index in [2.05, 4.69) is 0 Å². The number of benzene rings is 2. The molecule has 4 nitrogen and oxygen atoms in total. The topological polar surface area (TPSA) is 38.8 Å². The number of ether oxygens (including phenoxy) is 2. The molecule has 0 radical (unpaired) electrons. The molecule has 0 spiro atoms. The van der Waals surface area contributed by atoms with Gasteiger partial charge in [-0.25, -0.2) is 9.18 Å². The lowest BCUT2D eigenvalue weighted by molar-refractivity contribution is -0.150. The second kappa shape index (κ2) is 7.95. The van der Waals surface area contributed by atoms with Crippen molar-refractivity contribution < 1.29 is 18.7 Å². The summed E-state index contributed by atoms with van der Waals surface area (Å²) in [5.41, 5.74) is 1.57. The maximum absolute atomic E-state index is 13.1. The van der Waals surface area contributed by atoms with Gasteiger partial charge in [-0.2, -0.15) is 0 Å². The number of carbonyl (C=O) groups excluding carboxylic acids is 1. The molecule has 1 heterocycles. The van der Waals surface area contributed by atoms with E-state index in [0.717, 1.165) is 5.56 Å². The quantitative estimate of drug-likeness (QED) is 0.775. The minimum absolute atomic E-state index is 0.246. The molecule has 2 aromatic rings. The Hall–Kier alpha value is -1.95. The molecule has 0 bridgehead atoms. The highest BCUT2D eigenvalue weighted by Crippen LogP contribution is 2.33. The molecule has 2 aromatic carbocycles. The Morgan fingerprint density at radius 1 is 1.28 bits per heavy atom. The van der Waals surface area contributed by atoms with Gasteiger partial charge in [-0.3, -0.25) is 4.90 Å². The SMILES string of the molecule is COC(=O)[C@H](c1ccccc1Cl)N1CCO[C@H](c2ccc(F)cc2)C1. The number of nitrogens with zero attached hydrogens (tertiary/aromatic N) is 1. The Labute approximate surface area is 151 Å². The standard InChI is InChI=1S/C19H19ClFNO3/c1-24-19(23)18(15-4-2-3-5-16(15)20)22-10-11-25-17(12-22)13-6-8-14(21)9-7-13/h2-9,17-18H,10-12H2,1H3/t17-,18-/m0/s1. The highest BCUT2D eigenvalue weighted by atomic mass is 35.5. The maximum Gasteiger partial charge on any atom is 0.327 e. The van der Waals surface area contributed by atoms with Gasteiger partial charge in [-0.05, 0) is 29.3 Å². The van der Waals surface area contributed by atoms with Crippen molar-refractivity contribution in [1.82, 2.24) is 4.90 Å². The maximum atomic E-state index is 13.1. The second-order valence-electron chi connectivity index (χ2n) is 5.85. The summed E-state index contributed by atoms with van der Waals surface area (Å²) in [6.07, 6.45) is -0.246. The molecule has 6 heteroatoms. The van der Waals surface area contributed by atoms with Gasteiger partial charge in [0, 0.05) is 18.1 Å². The van der Waals surface area contributed by atoms with Crippen molar-refractivity contribution in [2.75, 3.05) is 26.8 Å². The zero-order valence-corrected chi connectivity index (χ0v) is 14.6. The first-order valence-electron chi connectivity index (χ1n) is 8.03. The average Bonchev–Trinajstić information content (AvgIpc) is 2.64. The van der Waals surface area contributed by atoms with E-state index >= 15 is 0 Å². The van der Waals surface area contributed by atoms with E-state index < -0.39 is 6.04 Å². The van der Waals surface area contributed by atoms with Gasteiger partial charge in [0.25, 0.3) is 0 Å².